The Morgan fingerprint density at radius 1 is 1.62 bits per heavy atom. The highest BCUT2D eigenvalue weighted by Crippen LogP contribution is 1.89. The molecule has 0 amide bonds. The van der Waals surface area contributed by atoms with Crippen molar-refractivity contribution in [3.8, 4) is 0 Å². The second kappa shape index (κ2) is 4.78. The summed E-state index contributed by atoms with van der Waals surface area (Å²) in [5.41, 5.74) is 0. The van der Waals surface area contributed by atoms with E-state index in [-0.39, 0.29) is 6.61 Å². The van der Waals surface area contributed by atoms with Gasteiger partial charge in [0.25, 0.3) is 0 Å². The first-order chi connectivity index (χ1) is 3.77. The zero-order chi connectivity index (χ0) is 6.41. The van der Waals surface area contributed by atoms with E-state index in [9.17, 15) is 4.79 Å². The molecule has 0 fully saturated rings. The molecule has 0 aliphatic rings. The molecule has 48 valence electrons. The standard InChI is InChI=1S/C6H12O2/c1-6(2)5-8-4-3-7/h3,6H,4-5H2,1-2H3. The molecular formula is C6H12O2. The Kier molecular flexibility index (Phi) is 4.56. The van der Waals surface area contributed by atoms with Crippen LogP contribution in [0.3, 0.4) is 0 Å². The van der Waals surface area contributed by atoms with Crippen LogP contribution < -0.4 is 0 Å². The Morgan fingerprint density at radius 3 is 2.62 bits per heavy atom. The van der Waals surface area contributed by atoms with Crippen LogP contribution in [-0.2, 0) is 9.53 Å². The van der Waals surface area contributed by atoms with Crippen LogP contribution >= 0.6 is 0 Å². The zero-order valence-corrected chi connectivity index (χ0v) is 5.39. The fourth-order valence-corrected chi connectivity index (χ4v) is 0.352. The fourth-order valence-electron chi connectivity index (χ4n) is 0.352. The van der Waals surface area contributed by atoms with Crippen LogP contribution in [-0.4, -0.2) is 19.5 Å². The lowest BCUT2D eigenvalue weighted by molar-refractivity contribution is -0.112. The van der Waals surface area contributed by atoms with Crippen molar-refractivity contribution in [1.29, 1.82) is 0 Å². The fraction of sp³-hybridized carbons (Fsp3) is 0.833. The van der Waals surface area contributed by atoms with E-state index in [0.29, 0.717) is 12.5 Å². The molecule has 0 spiro atoms. The molecule has 2 heteroatoms. The van der Waals surface area contributed by atoms with E-state index in [1.165, 1.54) is 0 Å². The minimum Gasteiger partial charge on any atom is -0.374 e. The summed E-state index contributed by atoms with van der Waals surface area (Å²) in [7, 11) is 0. The van der Waals surface area contributed by atoms with Gasteiger partial charge in [-0.3, -0.25) is 0 Å². The lowest BCUT2D eigenvalue weighted by Gasteiger charge is -2.00. The van der Waals surface area contributed by atoms with Gasteiger partial charge in [-0.1, -0.05) is 13.8 Å². The van der Waals surface area contributed by atoms with E-state index in [0.717, 1.165) is 6.29 Å². The van der Waals surface area contributed by atoms with Crippen LogP contribution in [0, 0.1) is 5.92 Å². The molecule has 0 saturated carbocycles. The molecule has 8 heavy (non-hydrogen) atoms. The van der Waals surface area contributed by atoms with E-state index in [4.69, 9.17) is 4.74 Å². The van der Waals surface area contributed by atoms with Crippen LogP contribution in [0.4, 0.5) is 0 Å². The molecule has 0 saturated heterocycles. The Balaban J connectivity index is 2.81. The van der Waals surface area contributed by atoms with Gasteiger partial charge in [-0.2, -0.15) is 0 Å². The third kappa shape index (κ3) is 5.63. The zero-order valence-electron chi connectivity index (χ0n) is 5.39. The highest BCUT2D eigenvalue weighted by molar-refractivity contribution is 5.50. The maximum Gasteiger partial charge on any atom is 0.145 e. The molecule has 0 aromatic rings. The number of rotatable bonds is 4. The van der Waals surface area contributed by atoms with Crippen LogP contribution in [0.1, 0.15) is 13.8 Å². The van der Waals surface area contributed by atoms with Crippen molar-refractivity contribution in [2.24, 2.45) is 5.92 Å². The Hall–Kier alpha value is -0.370. The molecule has 0 aromatic carbocycles. The number of carbonyl (C=O) groups excluding carboxylic acids is 1. The van der Waals surface area contributed by atoms with Crippen molar-refractivity contribution in [1.82, 2.24) is 0 Å². The molecule has 0 heterocycles. The Bertz CT molecular complexity index is 59.5. The topological polar surface area (TPSA) is 26.3 Å². The first-order valence-corrected chi connectivity index (χ1v) is 2.78. The van der Waals surface area contributed by atoms with E-state index < -0.39 is 0 Å². The molecule has 0 atom stereocenters. The van der Waals surface area contributed by atoms with E-state index >= 15 is 0 Å². The van der Waals surface area contributed by atoms with Crippen molar-refractivity contribution in [2.75, 3.05) is 13.2 Å². The Labute approximate surface area is 49.8 Å². The lowest BCUT2D eigenvalue weighted by atomic mass is 10.2. The summed E-state index contributed by atoms with van der Waals surface area (Å²) >= 11 is 0. The molecule has 0 bridgehead atoms. The number of carbonyl (C=O) groups is 1. The van der Waals surface area contributed by atoms with Crippen molar-refractivity contribution < 1.29 is 9.53 Å². The van der Waals surface area contributed by atoms with Crippen molar-refractivity contribution >= 4 is 6.29 Å². The monoisotopic (exact) mass is 116 g/mol. The van der Waals surface area contributed by atoms with Crippen molar-refractivity contribution in [3.63, 3.8) is 0 Å². The quantitative estimate of drug-likeness (QED) is 0.402. The van der Waals surface area contributed by atoms with Crippen LogP contribution in [0.5, 0.6) is 0 Å². The van der Waals surface area contributed by atoms with Crippen molar-refractivity contribution in [2.45, 2.75) is 13.8 Å². The summed E-state index contributed by atoms with van der Waals surface area (Å²) in [5.74, 6) is 0.523. The van der Waals surface area contributed by atoms with Gasteiger partial charge in [0.15, 0.2) is 0 Å². The Morgan fingerprint density at radius 2 is 2.25 bits per heavy atom. The van der Waals surface area contributed by atoms with E-state index in [1.807, 2.05) is 13.8 Å². The highest BCUT2D eigenvalue weighted by Gasteiger charge is 1.90. The predicted octanol–water partition coefficient (Wildman–Crippen LogP) is 0.858. The first-order valence-electron chi connectivity index (χ1n) is 2.78. The van der Waals surface area contributed by atoms with Gasteiger partial charge >= 0.3 is 0 Å². The lowest BCUT2D eigenvalue weighted by Crippen LogP contribution is -2.03. The predicted molar refractivity (Wildman–Crippen MR) is 31.7 cm³/mol. The van der Waals surface area contributed by atoms with Crippen LogP contribution in [0.25, 0.3) is 0 Å². The van der Waals surface area contributed by atoms with E-state index in [1.54, 1.807) is 0 Å². The molecule has 0 aliphatic carbocycles. The minimum absolute atomic E-state index is 0.234. The number of hydrogen-bond donors (Lipinski definition) is 0. The van der Waals surface area contributed by atoms with Gasteiger partial charge < -0.3 is 9.53 Å². The molecule has 2 nitrogen and oxygen atoms in total. The summed E-state index contributed by atoms with van der Waals surface area (Å²) in [6, 6.07) is 0. The van der Waals surface area contributed by atoms with Gasteiger partial charge in [-0.05, 0) is 5.92 Å². The van der Waals surface area contributed by atoms with Gasteiger partial charge in [0.1, 0.15) is 12.9 Å². The maximum atomic E-state index is 9.66. The molecule has 0 aliphatic heterocycles. The largest absolute Gasteiger partial charge is 0.374 e. The van der Waals surface area contributed by atoms with Crippen molar-refractivity contribution in [3.05, 3.63) is 0 Å². The summed E-state index contributed by atoms with van der Waals surface area (Å²) in [6.45, 7) is 5.01. The number of ether oxygens (including phenoxy) is 1. The molecule has 0 N–H and O–H groups in total. The molecule has 0 radical (unpaired) electrons. The second-order valence-corrected chi connectivity index (χ2v) is 2.10. The molecule has 0 aromatic heterocycles. The SMILES string of the molecule is CC(C)COCC=O. The first kappa shape index (κ1) is 7.63. The van der Waals surface area contributed by atoms with Crippen LogP contribution in [0.2, 0.25) is 0 Å². The van der Waals surface area contributed by atoms with Crippen LogP contribution in [0.15, 0.2) is 0 Å². The number of hydrogen-bond acceptors (Lipinski definition) is 2. The average Bonchev–Trinajstić information content (AvgIpc) is 1.66. The van der Waals surface area contributed by atoms with Gasteiger partial charge in [-0.15, -0.1) is 0 Å². The third-order valence-corrected chi connectivity index (χ3v) is 0.637. The van der Waals surface area contributed by atoms with Gasteiger partial charge in [0.05, 0.1) is 0 Å². The van der Waals surface area contributed by atoms with Gasteiger partial charge in [-0.25, -0.2) is 0 Å². The maximum absolute atomic E-state index is 9.66. The third-order valence-electron chi connectivity index (χ3n) is 0.637. The summed E-state index contributed by atoms with van der Waals surface area (Å²) < 4.78 is 4.88. The van der Waals surface area contributed by atoms with Gasteiger partial charge in [0.2, 0.25) is 0 Å². The molecular weight excluding hydrogens is 104 g/mol. The smallest absolute Gasteiger partial charge is 0.145 e. The van der Waals surface area contributed by atoms with E-state index in [2.05, 4.69) is 0 Å². The summed E-state index contributed by atoms with van der Waals surface area (Å²) in [6.07, 6.45) is 0.766. The molecule has 0 rings (SSSR count). The molecule has 0 unspecified atom stereocenters. The minimum atomic E-state index is 0.234. The normalized spacial score (nSPS) is 9.88. The number of aldehydes is 1. The average molecular weight is 116 g/mol. The summed E-state index contributed by atoms with van der Waals surface area (Å²) in [5, 5.41) is 0. The van der Waals surface area contributed by atoms with Gasteiger partial charge in [0, 0.05) is 6.61 Å². The summed E-state index contributed by atoms with van der Waals surface area (Å²) in [4.78, 5) is 9.66. The highest BCUT2D eigenvalue weighted by atomic mass is 16.5. The second-order valence-electron chi connectivity index (χ2n) is 2.10.